The second kappa shape index (κ2) is 7.68. The van der Waals surface area contributed by atoms with E-state index >= 15 is 0 Å². The Morgan fingerprint density at radius 1 is 1.00 bits per heavy atom. The van der Waals surface area contributed by atoms with Gasteiger partial charge < -0.3 is 9.64 Å². The van der Waals surface area contributed by atoms with Gasteiger partial charge in [-0.3, -0.25) is 14.4 Å². The molecule has 136 valence electrons. The number of rotatable bonds is 5. The van der Waals surface area contributed by atoms with E-state index in [0.717, 1.165) is 31.5 Å². The fourth-order valence-corrected chi connectivity index (χ4v) is 3.45. The second-order valence-corrected chi connectivity index (χ2v) is 6.75. The van der Waals surface area contributed by atoms with Gasteiger partial charge in [0.15, 0.2) is 5.78 Å². The summed E-state index contributed by atoms with van der Waals surface area (Å²) >= 11 is 0. The van der Waals surface area contributed by atoms with Crippen LogP contribution in [0.2, 0.25) is 0 Å². The van der Waals surface area contributed by atoms with Gasteiger partial charge in [0, 0.05) is 29.8 Å². The predicted molar refractivity (Wildman–Crippen MR) is 97.3 cm³/mol. The number of hydrogen-bond acceptors (Lipinski definition) is 5. The zero-order valence-electron chi connectivity index (χ0n) is 15.2. The Kier molecular flexibility index (Phi) is 5.35. The van der Waals surface area contributed by atoms with Gasteiger partial charge in [0.05, 0.1) is 12.1 Å². The van der Waals surface area contributed by atoms with Crippen LogP contribution in [0.3, 0.4) is 0 Å². The van der Waals surface area contributed by atoms with E-state index in [2.05, 4.69) is 0 Å². The first-order valence-corrected chi connectivity index (χ1v) is 8.93. The average Bonchev–Trinajstić information content (AvgIpc) is 3.15. The topological polar surface area (TPSA) is 63.7 Å². The second-order valence-electron chi connectivity index (χ2n) is 6.75. The van der Waals surface area contributed by atoms with Gasteiger partial charge in [-0.2, -0.15) is 0 Å². The summed E-state index contributed by atoms with van der Waals surface area (Å²) in [7, 11) is 0. The standard InChI is InChI=1S/C21H23NO4/c1-14-17(13-26-18(23)12-16-8-4-3-5-9-16)20(24)15(2)19(21(14)25)22-10-6-7-11-22/h3-5,8-9H,6-7,10-13H2,1-2H3. The Labute approximate surface area is 153 Å². The SMILES string of the molecule is CC1=C(COC(=O)Cc2ccccc2)C(=O)C(C)=C(N2CCCC2)C1=O. The van der Waals surface area contributed by atoms with E-state index in [4.69, 9.17) is 4.74 Å². The van der Waals surface area contributed by atoms with Crippen molar-refractivity contribution in [1.82, 2.24) is 4.90 Å². The maximum atomic E-state index is 12.8. The smallest absolute Gasteiger partial charge is 0.310 e. The maximum Gasteiger partial charge on any atom is 0.310 e. The Morgan fingerprint density at radius 2 is 1.65 bits per heavy atom. The van der Waals surface area contributed by atoms with Gasteiger partial charge in [-0.1, -0.05) is 30.3 Å². The van der Waals surface area contributed by atoms with Crippen molar-refractivity contribution in [2.75, 3.05) is 19.7 Å². The summed E-state index contributed by atoms with van der Waals surface area (Å²) in [5.41, 5.74) is 2.49. The molecule has 1 aliphatic carbocycles. The van der Waals surface area contributed by atoms with Crippen LogP contribution in [-0.2, 0) is 25.5 Å². The van der Waals surface area contributed by atoms with Crippen molar-refractivity contribution in [1.29, 1.82) is 0 Å². The lowest BCUT2D eigenvalue weighted by Crippen LogP contribution is -2.33. The highest BCUT2D eigenvalue weighted by atomic mass is 16.5. The minimum atomic E-state index is -0.413. The third kappa shape index (κ3) is 3.62. The zero-order valence-corrected chi connectivity index (χ0v) is 15.2. The number of ether oxygens (including phenoxy) is 1. The van der Waals surface area contributed by atoms with Crippen molar-refractivity contribution < 1.29 is 19.1 Å². The van der Waals surface area contributed by atoms with E-state index in [1.54, 1.807) is 13.8 Å². The van der Waals surface area contributed by atoms with Crippen molar-refractivity contribution >= 4 is 17.5 Å². The maximum absolute atomic E-state index is 12.8. The molecular weight excluding hydrogens is 330 g/mol. The first-order valence-electron chi connectivity index (χ1n) is 8.93. The molecule has 26 heavy (non-hydrogen) atoms. The lowest BCUT2D eigenvalue weighted by molar-refractivity contribution is -0.142. The van der Waals surface area contributed by atoms with Crippen LogP contribution in [0.15, 0.2) is 52.7 Å². The molecule has 0 spiro atoms. The minimum Gasteiger partial charge on any atom is -0.460 e. The van der Waals surface area contributed by atoms with E-state index in [9.17, 15) is 14.4 Å². The number of allylic oxidation sites excluding steroid dienone is 2. The largest absolute Gasteiger partial charge is 0.460 e. The highest BCUT2D eigenvalue weighted by Crippen LogP contribution is 2.29. The van der Waals surface area contributed by atoms with Crippen LogP contribution in [-0.4, -0.2) is 42.1 Å². The fraction of sp³-hybridized carbons (Fsp3) is 0.381. The molecular formula is C21H23NO4. The van der Waals surface area contributed by atoms with Gasteiger partial charge >= 0.3 is 5.97 Å². The fourth-order valence-electron chi connectivity index (χ4n) is 3.45. The van der Waals surface area contributed by atoms with Crippen molar-refractivity contribution in [3.8, 4) is 0 Å². The number of likely N-dealkylation sites (tertiary alicyclic amines) is 1. The van der Waals surface area contributed by atoms with Crippen LogP contribution >= 0.6 is 0 Å². The summed E-state index contributed by atoms with van der Waals surface area (Å²) in [6, 6.07) is 9.27. The molecule has 2 aliphatic rings. The molecule has 0 bridgehead atoms. The molecule has 0 radical (unpaired) electrons. The van der Waals surface area contributed by atoms with E-state index in [0.29, 0.717) is 16.8 Å². The lowest BCUT2D eigenvalue weighted by Gasteiger charge is -2.27. The summed E-state index contributed by atoms with van der Waals surface area (Å²) < 4.78 is 5.28. The van der Waals surface area contributed by atoms with Crippen LogP contribution in [0.4, 0.5) is 0 Å². The summed E-state index contributed by atoms with van der Waals surface area (Å²) in [5, 5.41) is 0. The molecule has 5 heteroatoms. The third-order valence-corrected chi connectivity index (χ3v) is 4.97. The van der Waals surface area contributed by atoms with Gasteiger partial charge in [0.2, 0.25) is 5.78 Å². The summed E-state index contributed by atoms with van der Waals surface area (Å²) in [6.45, 7) is 4.78. The number of ketones is 2. The van der Waals surface area contributed by atoms with Crippen LogP contribution in [0.5, 0.6) is 0 Å². The van der Waals surface area contributed by atoms with E-state index in [1.807, 2.05) is 35.2 Å². The first kappa shape index (κ1) is 18.1. The Balaban J connectivity index is 1.69. The van der Waals surface area contributed by atoms with Gasteiger partial charge in [-0.15, -0.1) is 0 Å². The van der Waals surface area contributed by atoms with Crippen molar-refractivity contribution in [2.24, 2.45) is 0 Å². The number of hydrogen-bond donors (Lipinski definition) is 0. The molecule has 1 fully saturated rings. The molecule has 1 aromatic carbocycles. The molecule has 3 rings (SSSR count). The molecule has 5 nitrogen and oxygen atoms in total. The summed E-state index contributed by atoms with van der Waals surface area (Å²) in [6.07, 6.45) is 2.21. The molecule has 1 aromatic rings. The lowest BCUT2D eigenvalue weighted by atomic mass is 9.88. The molecule has 0 amide bonds. The van der Waals surface area contributed by atoms with Gasteiger partial charge in [0.25, 0.3) is 0 Å². The monoisotopic (exact) mass is 353 g/mol. The van der Waals surface area contributed by atoms with Crippen molar-refractivity contribution in [3.05, 3.63) is 58.3 Å². The molecule has 0 aromatic heterocycles. The van der Waals surface area contributed by atoms with E-state index < -0.39 is 5.97 Å². The van der Waals surface area contributed by atoms with Gasteiger partial charge in [-0.05, 0) is 32.3 Å². The number of benzene rings is 1. The molecule has 0 saturated carbocycles. The number of carbonyl (C=O) groups is 3. The zero-order chi connectivity index (χ0) is 18.7. The van der Waals surface area contributed by atoms with Crippen molar-refractivity contribution in [3.63, 3.8) is 0 Å². The highest BCUT2D eigenvalue weighted by molar-refractivity contribution is 6.24. The van der Waals surface area contributed by atoms with Crippen LogP contribution in [0.1, 0.15) is 32.3 Å². The number of esters is 1. The molecule has 1 aliphatic heterocycles. The molecule has 0 unspecified atom stereocenters. The third-order valence-electron chi connectivity index (χ3n) is 4.97. The first-order chi connectivity index (χ1) is 12.5. The highest BCUT2D eigenvalue weighted by Gasteiger charge is 2.34. The van der Waals surface area contributed by atoms with Gasteiger partial charge in [-0.25, -0.2) is 0 Å². The van der Waals surface area contributed by atoms with E-state index in [-0.39, 0.29) is 30.2 Å². The van der Waals surface area contributed by atoms with Crippen LogP contribution < -0.4 is 0 Å². The predicted octanol–water partition coefficient (Wildman–Crippen LogP) is 2.61. The molecule has 0 N–H and O–H groups in total. The molecule has 1 heterocycles. The minimum absolute atomic E-state index is 0.127. The van der Waals surface area contributed by atoms with E-state index in [1.165, 1.54) is 0 Å². The number of Topliss-reactive ketones (excluding diaryl/α,β-unsaturated/α-hetero) is 2. The van der Waals surface area contributed by atoms with Gasteiger partial charge in [0.1, 0.15) is 6.61 Å². The Morgan fingerprint density at radius 3 is 2.31 bits per heavy atom. The summed E-state index contributed by atoms with van der Waals surface area (Å²) in [5.74, 6) is -0.738. The quantitative estimate of drug-likeness (QED) is 0.601. The molecule has 0 atom stereocenters. The van der Waals surface area contributed by atoms with Crippen LogP contribution in [0.25, 0.3) is 0 Å². The number of carbonyl (C=O) groups excluding carboxylic acids is 3. The summed E-state index contributed by atoms with van der Waals surface area (Å²) in [4.78, 5) is 39.5. The Bertz CT molecular complexity index is 799. The average molecular weight is 353 g/mol. The number of nitrogens with zero attached hydrogens (tertiary/aromatic N) is 1. The Hall–Kier alpha value is -2.69. The van der Waals surface area contributed by atoms with Crippen molar-refractivity contribution in [2.45, 2.75) is 33.1 Å². The van der Waals surface area contributed by atoms with Crippen LogP contribution in [0, 0.1) is 0 Å². The molecule has 1 saturated heterocycles. The normalized spacial score (nSPS) is 18.0.